The van der Waals surface area contributed by atoms with Gasteiger partial charge in [0.2, 0.25) is 10.0 Å². The number of benzene rings is 2. The van der Waals surface area contributed by atoms with Crippen molar-refractivity contribution in [3.63, 3.8) is 0 Å². The smallest absolute Gasteiger partial charge is 0.271 e. The number of carbonyl (C=O) groups is 1. The summed E-state index contributed by atoms with van der Waals surface area (Å²) in [6.45, 7) is 2.13. The van der Waals surface area contributed by atoms with E-state index in [2.05, 4.69) is 10.5 Å². The molecule has 0 aliphatic heterocycles. The summed E-state index contributed by atoms with van der Waals surface area (Å²) in [5, 5.41) is 4.13. The van der Waals surface area contributed by atoms with Crippen molar-refractivity contribution in [2.75, 3.05) is 28.3 Å². The Bertz CT molecular complexity index is 1020. The Morgan fingerprint density at radius 3 is 2.45 bits per heavy atom. The first kappa shape index (κ1) is 22.5. The van der Waals surface area contributed by atoms with Crippen LogP contribution in [0.1, 0.15) is 28.4 Å². The Labute approximate surface area is 171 Å². The summed E-state index contributed by atoms with van der Waals surface area (Å²) >= 11 is 0. The van der Waals surface area contributed by atoms with E-state index in [4.69, 9.17) is 9.47 Å². The summed E-state index contributed by atoms with van der Waals surface area (Å²) in [7, 11) is 2.41. The molecule has 0 radical (unpaired) electrons. The first-order valence-electron chi connectivity index (χ1n) is 8.74. The Morgan fingerprint density at radius 2 is 1.83 bits per heavy atom. The molecule has 9 heteroatoms. The van der Waals surface area contributed by atoms with E-state index < -0.39 is 15.9 Å². The van der Waals surface area contributed by atoms with E-state index in [-0.39, 0.29) is 10.5 Å². The number of hydrazone groups is 1. The highest BCUT2D eigenvalue weighted by Crippen LogP contribution is 2.21. The molecule has 0 aliphatic rings. The van der Waals surface area contributed by atoms with E-state index >= 15 is 0 Å². The molecule has 1 amide bonds. The number of nitrogens with one attached hydrogen (secondary N) is 1. The van der Waals surface area contributed by atoms with Crippen molar-refractivity contribution in [2.24, 2.45) is 5.10 Å². The van der Waals surface area contributed by atoms with Crippen molar-refractivity contribution in [1.29, 1.82) is 0 Å². The average molecular weight is 420 g/mol. The van der Waals surface area contributed by atoms with Crippen LogP contribution >= 0.6 is 0 Å². The second-order valence-corrected chi connectivity index (χ2v) is 8.56. The van der Waals surface area contributed by atoms with Crippen LogP contribution in [0.25, 0.3) is 0 Å². The van der Waals surface area contributed by atoms with Gasteiger partial charge in [-0.05, 0) is 48.9 Å². The molecule has 8 nitrogen and oxygen atoms in total. The first-order valence-corrected chi connectivity index (χ1v) is 10.2. The van der Waals surface area contributed by atoms with Crippen LogP contribution in [0.3, 0.4) is 0 Å². The monoisotopic (exact) mass is 419 g/mol. The molecule has 0 spiro atoms. The molecular weight excluding hydrogens is 394 g/mol. The zero-order valence-corrected chi connectivity index (χ0v) is 17.9. The summed E-state index contributed by atoms with van der Waals surface area (Å²) < 4.78 is 36.1. The van der Waals surface area contributed by atoms with Gasteiger partial charge in [0.1, 0.15) is 5.75 Å². The largest absolute Gasteiger partial charge is 0.496 e. The maximum atomic E-state index is 12.4. The summed E-state index contributed by atoms with van der Waals surface area (Å²) in [5.41, 5.74) is 4.89. The highest BCUT2D eigenvalue weighted by Gasteiger charge is 2.18. The molecule has 2 aromatic rings. The predicted molar refractivity (Wildman–Crippen MR) is 111 cm³/mol. The number of sulfonamides is 1. The molecule has 0 heterocycles. The normalized spacial score (nSPS) is 12.1. The molecule has 0 bridgehead atoms. The molecule has 0 aromatic heterocycles. The lowest BCUT2D eigenvalue weighted by Crippen LogP contribution is -2.23. The minimum atomic E-state index is -3.63. The van der Waals surface area contributed by atoms with Gasteiger partial charge in [0.05, 0.1) is 24.3 Å². The van der Waals surface area contributed by atoms with Gasteiger partial charge in [0, 0.05) is 32.3 Å². The SMILES string of the molecule is COCc1cc(/C(C)=N\NC(=O)c2cccc(S(=O)(=O)N(C)C)c2)ccc1OC. The third-order valence-corrected chi connectivity index (χ3v) is 6.01. The molecule has 0 unspecified atom stereocenters. The van der Waals surface area contributed by atoms with Crippen LogP contribution in [0.5, 0.6) is 5.75 Å². The van der Waals surface area contributed by atoms with Gasteiger partial charge < -0.3 is 9.47 Å². The van der Waals surface area contributed by atoms with Crippen LogP contribution in [0.15, 0.2) is 52.5 Å². The highest BCUT2D eigenvalue weighted by atomic mass is 32.2. The molecule has 0 atom stereocenters. The van der Waals surface area contributed by atoms with Gasteiger partial charge >= 0.3 is 0 Å². The van der Waals surface area contributed by atoms with Gasteiger partial charge in [-0.25, -0.2) is 18.1 Å². The van der Waals surface area contributed by atoms with Crippen LogP contribution in [-0.4, -0.2) is 52.7 Å². The first-order chi connectivity index (χ1) is 13.7. The third-order valence-electron chi connectivity index (χ3n) is 4.20. The third kappa shape index (κ3) is 5.41. The van der Waals surface area contributed by atoms with Gasteiger partial charge in [0.25, 0.3) is 5.91 Å². The summed E-state index contributed by atoms with van der Waals surface area (Å²) in [6.07, 6.45) is 0. The molecule has 2 rings (SSSR count). The summed E-state index contributed by atoms with van der Waals surface area (Å²) in [6, 6.07) is 11.3. The van der Waals surface area contributed by atoms with Crippen LogP contribution < -0.4 is 10.2 Å². The fourth-order valence-electron chi connectivity index (χ4n) is 2.54. The van der Waals surface area contributed by atoms with Crippen LogP contribution in [0.2, 0.25) is 0 Å². The second kappa shape index (κ2) is 9.64. The van der Waals surface area contributed by atoms with Crippen molar-refractivity contribution >= 4 is 21.6 Å². The topological polar surface area (TPSA) is 97.3 Å². The van der Waals surface area contributed by atoms with Gasteiger partial charge in [-0.15, -0.1) is 0 Å². The minimum Gasteiger partial charge on any atom is -0.496 e. The van der Waals surface area contributed by atoms with Crippen molar-refractivity contribution in [2.45, 2.75) is 18.4 Å². The molecule has 0 fully saturated rings. The van der Waals surface area contributed by atoms with Crippen LogP contribution in [0, 0.1) is 0 Å². The van der Waals surface area contributed by atoms with Crippen LogP contribution in [-0.2, 0) is 21.4 Å². The average Bonchev–Trinajstić information content (AvgIpc) is 2.71. The molecule has 0 aliphatic carbocycles. The standard InChI is InChI=1S/C20H25N3O5S/c1-14(15-9-10-19(28-5)17(11-15)13-27-4)21-22-20(24)16-7-6-8-18(12-16)29(25,26)23(2)3/h6-12H,13H2,1-5H3,(H,22,24)/b21-14-. The van der Waals surface area contributed by atoms with E-state index in [1.807, 2.05) is 12.1 Å². The Hall–Kier alpha value is -2.75. The summed E-state index contributed by atoms with van der Waals surface area (Å²) in [4.78, 5) is 12.5. The lowest BCUT2D eigenvalue weighted by atomic mass is 10.1. The molecule has 2 aromatic carbocycles. The van der Waals surface area contributed by atoms with Crippen molar-refractivity contribution in [3.05, 3.63) is 59.2 Å². The van der Waals surface area contributed by atoms with Gasteiger partial charge in [0.15, 0.2) is 0 Å². The molecule has 1 N–H and O–H groups in total. The maximum Gasteiger partial charge on any atom is 0.271 e. The number of methoxy groups -OCH3 is 2. The van der Waals surface area contributed by atoms with E-state index in [0.717, 1.165) is 15.4 Å². The minimum absolute atomic E-state index is 0.0372. The van der Waals surface area contributed by atoms with Gasteiger partial charge in [-0.2, -0.15) is 5.10 Å². The fraction of sp³-hybridized carbons (Fsp3) is 0.300. The molecule has 0 saturated carbocycles. The van der Waals surface area contributed by atoms with Gasteiger partial charge in [-0.1, -0.05) is 6.07 Å². The molecular formula is C20H25N3O5S. The van der Waals surface area contributed by atoms with Crippen LogP contribution in [0.4, 0.5) is 0 Å². The lowest BCUT2D eigenvalue weighted by Gasteiger charge is -2.12. The summed E-state index contributed by atoms with van der Waals surface area (Å²) in [5.74, 6) is 0.192. The Kier molecular flexibility index (Phi) is 7.49. The van der Waals surface area contributed by atoms with Crippen molar-refractivity contribution in [3.8, 4) is 5.75 Å². The number of rotatable bonds is 8. The number of hydrogen-bond acceptors (Lipinski definition) is 6. The fourth-order valence-corrected chi connectivity index (χ4v) is 3.49. The number of amides is 1. The van der Waals surface area contributed by atoms with Gasteiger partial charge in [-0.3, -0.25) is 4.79 Å². The predicted octanol–water partition coefficient (Wildman–Crippen LogP) is 2.25. The maximum absolute atomic E-state index is 12.4. The zero-order valence-electron chi connectivity index (χ0n) is 17.1. The highest BCUT2D eigenvalue weighted by molar-refractivity contribution is 7.89. The second-order valence-electron chi connectivity index (χ2n) is 6.41. The van der Waals surface area contributed by atoms with E-state index in [1.165, 1.54) is 38.4 Å². The quantitative estimate of drug-likeness (QED) is 0.523. The van der Waals surface area contributed by atoms with Crippen molar-refractivity contribution < 1.29 is 22.7 Å². The molecule has 156 valence electrons. The van der Waals surface area contributed by atoms with E-state index in [1.54, 1.807) is 27.2 Å². The Balaban J connectivity index is 2.22. The molecule has 29 heavy (non-hydrogen) atoms. The number of hydrogen-bond donors (Lipinski definition) is 1. The van der Waals surface area contributed by atoms with Crippen molar-refractivity contribution in [1.82, 2.24) is 9.73 Å². The number of nitrogens with zero attached hydrogens (tertiary/aromatic N) is 2. The van der Waals surface area contributed by atoms with E-state index in [0.29, 0.717) is 18.1 Å². The molecule has 0 saturated heterocycles. The van der Waals surface area contributed by atoms with E-state index in [9.17, 15) is 13.2 Å². The Morgan fingerprint density at radius 1 is 1.10 bits per heavy atom. The zero-order chi connectivity index (χ0) is 21.6. The number of ether oxygens (including phenoxy) is 2. The number of carbonyl (C=O) groups excluding carboxylic acids is 1. The lowest BCUT2D eigenvalue weighted by molar-refractivity contribution is 0.0954.